The van der Waals surface area contributed by atoms with Gasteiger partial charge in [-0.05, 0) is 54.9 Å². The van der Waals surface area contributed by atoms with E-state index in [4.69, 9.17) is 4.74 Å². The number of aliphatic hydroxyl groups excluding tert-OH is 1. The SMILES string of the molecule is CCCCC(CC)COc1ccc2c(c1)[C@H](O)CCC2. The molecule has 0 saturated carbocycles. The smallest absolute Gasteiger partial charge is 0.119 e. The van der Waals surface area contributed by atoms with Crippen molar-refractivity contribution in [1.82, 2.24) is 0 Å². The molecule has 0 aliphatic heterocycles. The summed E-state index contributed by atoms with van der Waals surface area (Å²) in [7, 11) is 0. The third kappa shape index (κ3) is 3.99. The number of ether oxygens (including phenoxy) is 1. The summed E-state index contributed by atoms with van der Waals surface area (Å²) in [6, 6.07) is 6.23. The van der Waals surface area contributed by atoms with Crippen molar-refractivity contribution in [3.8, 4) is 5.75 Å². The fourth-order valence-corrected chi connectivity index (χ4v) is 2.95. The number of rotatable bonds is 7. The first-order valence-corrected chi connectivity index (χ1v) is 8.18. The first kappa shape index (κ1) is 15.4. The zero-order valence-corrected chi connectivity index (χ0v) is 12.9. The Morgan fingerprint density at radius 1 is 1.35 bits per heavy atom. The molecule has 1 unspecified atom stereocenters. The van der Waals surface area contributed by atoms with Crippen LogP contribution in [0.3, 0.4) is 0 Å². The zero-order chi connectivity index (χ0) is 14.4. The van der Waals surface area contributed by atoms with Crippen LogP contribution >= 0.6 is 0 Å². The van der Waals surface area contributed by atoms with Crippen LogP contribution in [0.1, 0.15) is 69.6 Å². The van der Waals surface area contributed by atoms with Gasteiger partial charge in [0.05, 0.1) is 12.7 Å². The Balaban J connectivity index is 1.94. The fraction of sp³-hybridized carbons (Fsp3) is 0.667. The first-order chi connectivity index (χ1) is 9.74. The number of unbranched alkanes of at least 4 members (excludes halogenated alkanes) is 1. The van der Waals surface area contributed by atoms with Crippen LogP contribution in [-0.4, -0.2) is 11.7 Å². The van der Waals surface area contributed by atoms with Crippen LogP contribution in [0.15, 0.2) is 18.2 Å². The Bertz CT molecular complexity index is 414. The van der Waals surface area contributed by atoms with E-state index in [9.17, 15) is 5.11 Å². The van der Waals surface area contributed by atoms with Gasteiger partial charge in [-0.3, -0.25) is 0 Å². The van der Waals surface area contributed by atoms with Crippen molar-refractivity contribution in [3.05, 3.63) is 29.3 Å². The molecule has 0 radical (unpaired) electrons. The minimum absolute atomic E-state index is 0.302. The summed E-state index contributed by atoms with van der Waals surface area (Å²) >= 11 is 0. The topological polar surface area (TPSA) is 29.5 Å². The highest BCUT2D eigenvalue weighted by Crippen LogP contribution is 2.32. The maximum Gasteiger partial charge on any atom is 0.119 e. The molecule has 2 heteroatoms. The van der Waals surface area contributed by atoms with E-state index in [1.807, 2.05) is 6.07 Å². The molecular formula is C18H28O2. The van der Waals surface area contributed by atoms with Crippen molar-refractivity contribution >= 4 is 0 Å². The van der Waals surface area contributed by atoms with Gasteiger partial charge in [-0.15, -0.1) is 0 Å². The molecule has 0 spiro atoms. The number of benzene rings is 1. The summed E-state index contributed by atoms with van der Waals surface area (Å²) in [6.07, 6.45) is 7.71. The molecule has 1 aliphatic carbocycles. The summed E-state index contributed by atoms with van der Waals surface area (Å²) in [5, 5.41) is 10.1. The molecule has 0 saturated heterocycles. The number of hydrogen-bond donors (Lipinski definition) is 1. The largest absolute Gasteiger partial charge is 0.493 e. The summed E-state index contributed by atoms with van der Waals surface area (Å²) < 4.78 is 5.96. The molecule has 0 amide bonds. The lowest BCUT2D eigenvalue weighted by molar-refractivity contribution is 0.155. The van der Waals surface area contributed by atoms with Gasteiger partial charge in [0.15, 0.2) is 0 Å². The second-order valence-corrected chi connectivity index (χ2v) is 6.00. The van der Waals surface area contributed by atoms with Crippen molar-refractivity contribution in [2.24, 2.45) is 5.92 Å². The van der Waals surface area contributed by atoms with Crippen molar-refractivity contribution in [2.45, 2.75) is 64.9 Å². The Morgan fingerprint density at radius 2 is 2.20 bits per heavy atom. The number of aliphatic hydroxyl groups is 1. The second-order valence-electron chi connectivity index (χ2n) is 6.00. The highest BCUT2D eigenvalue weighted by molar-refractivity contribution is 5.38. The predicted molar refractivity (Wildman–Crippen MR) is 83.1 cm³/mol. The molecule has 2 rings (SSSR count). The molecule has 0 bridgehead atoms. The van der Waals surface area contributed by atoms with Crippen molar-refractivity contribution < 1.29 is 9.84 Å². The maximum atomic E-state index is 10.1. The van der Waals surface area contributed by atoms with Gasteiger partial charge in [-0.25, -0.2) is 0 Å². The summed E-state index contributed by atoms with van der Waals surface area (Å²) in [5.74, 6) is 1.57. The maximum absolute atomic E-state index is 10.1. The normalized spacial score (nSPS) is 19.4. The third-order valence-electron chi connectivity index (χ3n) is 4.43. The van der Waals surface area contributed by atoms with E-state index in [0.29, 0.717) is 5.92 Å². The van der Waals surface area contributed by atoms with Crippen molar-refractivity contribution in [2.75, 3.05) is 6.61 Å². The van der Waals surface area contributed by atoms with Crippen LogP contribution in [0.25, 0.3) is 0 Å². The number of fused-ring (bicyclic) bond motifs is 1. The molecule has 1 aromatic carbocycles. The Morgan fingerprint density at radius 3 is 2.95 bits per heavy atom. The highest BCUT2D eigenvalue weighted by Gasteiger charge is 2.18. The molecule has 0 heterocycles. The van der Waals surface area contributed by atoms with Gasteiger partial charge in [0.1, 0.15) is 5.75 Å². The zero-order valence-electron chi connectivity index (χ0n) is 12.9. The van der Waals surface area contributed by atoms with Gasteiger partial charge in [-0.1, -0.05) is 39.2 Å². The monoisotopic (exact) mass is 276 g/mol. The van der Waals surface area contributed by atoms with Crippen LogP contribution in [0, 0.1) is 5.92 Å². The average Bonchev–Trinajstić information content (AvgIpc) is 2.48. The molecule has 1 aliphatic rings. The standard InChI is InChI=1S/C18H28O2/c1-3-5-7-14(4-2)13-20-16-11-10-15-8-6-9-18(19)17(15)12-16/h10-12,14,18-19H,3-9,13H2,1-2H3/t14?,18-/m1/s1. The summed E-state index contributed by atoms with van der Waals surface area (Å²) in [4.78, 5) is 0. The fourth-order valence-electron chi connectivity index (χ4n) is 2.95. The highest BCUT2D eigenvalue weighted by atomic mass is 16.5. The average molecular weight is 276 g/mol. The molecule has 0 fully saturated rings. The van der Waals surface area contributed by atoms with Gasteiger partial charge in [-0.2, -0.15) is 0 Å². The molecule has 20 heavy (non-hydrogen) atoms. The van der Waals surface area contributed by atoms with Crippen molar-refractivity contribution in [3.63, 3.8) is 0 Å². The van der Waals surface area contributed by atoms with Crippen LogP contribution in [-0.2, 0) is 6.42 Å². The Labute approximate surface area is 123 Å². The van der Waals surface area contributed by atoms with Gasteiger partial charge in [0, 0.05) is 0 Å². The molecular weight excluding hydrogens is 248 g/mol. The van der Waals surface area contributed by atoms with Gasteiger partial charge < -0.3 is 9.84 Å². The Hall–Kier alpha value is -1.02. The number of aryl methyl sites for hydroxylation is 1. The van der Waals surface area contributed by atoms with Crippen LogP contribution in [0.5, 0.6) is 5.75 Å². The minimum Gasteiger partial charge on any atom is -0.493 e. The number of hydrogen-bond acceptors (Lipinski definition) is 2. The lowest BCUT2D eigenvalue weighted by Gasteiger charge is -2.22. The molecule has 2 nitrogen and oxygen atoms in total. The van der Waals surface area contributed by atoms with Crippen LogP contribution < -0.4 is 4.74 Å². The first-order valence-electron chi connectivity index (χ1n) is 8.18. The molecule has 112 valence electrons. The quantitative estimate of drug-likeness (QED) is 0.785. The van der Waals surface area contributed by atoms with Crippen molar-refractivity contribution in [1.29, 1.82) is 0 Å². The lowest BCUT2D eigenvalue weighted by Crippen LogP contribution is -2.13. The molecule has 2 atom stereocenters. The minimum atomic E-state index is -0.302. The molecule has 0 aromatic heterocycles. The van der Waals surface area contributed by atoms with E-state index in [1.54, 1.807) is 0 Å². The van der Waals surface area contributed by atoms with E-state index < -0.39 is 0 Å². The second kappa shape index (κ2) is 7.68. The van der Waals surface area contributed by atoms with E-state index >= 15 is 0 Å². The predicted octanol–water partition coefficient (Wildman–Crippen LogP) is 4.65. The van der Waals surface area contributed by atoms with Gasteiger partial charge >= 0.3 is 0 Å². The molecule has 1 aromatic rings. The van der Waals surface area contributed by atoms with E-state index in [1.165, 1.54) is 31.2 Å². The van der Waals surface area contributed by atoms with E-state index in [2.05, 4.69) is 26.0 Å². The summed E-state index contributed by atoms with van der Waals surface area (Å²) in [5.41, 5.74) is 2.37. The van der Waals surface area contributed by atoms with E-state index in [0.717, 1.165) is 37.2 Å². The molecule has 1 N–H and O–H groups in total. The van der Waals surface area contributed by atoms with Gasteiger partial charge in [0.25, 0.3) is 0 Å². The Kier molecular flexibility index (Phi) is 5.90. The van der Waals surface area contributed by atoms with Crippen LogP contribution in [0.2, 0.25) is 0 Å². The van der Waals surface area contributed by atoms with Crippen LogP contribution in [0.4, 0.5) is 0 Å². The van der Waals surface area contributed by atoms with E-state index in [-0.39, 0.29) is 6.10 Å². The third-order valence-corrected chi connectivity index (χ3v) is 4.43. The lowest BCUT2D eigenvalue weighted by atomic mass is 9.89. The summed E-state index contributed by atoms with van der Waals surface area (Å²) in [6.45, 7) is 5.27. The van der Waals surface area contributed by atoms with Gasteiger partial charge in [0.2, 0.25) is 0 Å².